The molecule has 2 amide bonds. The Morgan fingerprint density at radius 2 is 2.11 bits per heavy atom. The zero-order chi connectivity index (χ0) is 19.1. The van der Waals surface area contributed by atoms with Crippen molar-refractivity contribution in [3.63, 3.8) is 0 Å². The summed E-state index contributed by atoms with van der Waals surface area (Å²) in [4.78, 5) is 33.4. The average molecular weight is 391 g/mol. The van der Waals surface area contributed by atoms with Crippen molar-refractivity contribution < 1.29 is 14.1 Å². The predicted octanol–water partition coefficient (Wildman–Crippen LogP) is 1.40. The summed E-state index contributed by atoms with van der Waals surface area (Å²) < 4.78 is 5.24. The first-order chi connectivity index (χ1) is 13.2. The minimum atomic E-state index is 0.0505. The maximum absolute atomic E-state index is 12.4. The van der Waals surface area contributed by atoms with Crippen LogP contribution in [0.5, 0.6) is 0 Å². The molecule has 0 radical (unpaired) electrons. The maximum atomic E-state index is 12.4. The van der Waals surface area contributed by atoms with E-state index in [0.717, 1.165) is 11.3 Å². The van der Waals surface area contributed by atoms with Gasteiger partial charge in [0.15, 0.2) is 0 Å². The van der Waals surface area contributed by atoms with Gasteiger partial charge in [-0.1, -0.05) is 18.1 Å². The van der Waals surface area contributed by atoms with E-state index in [0.29, 0.717) is 63.8 Å². The van der Waals surface area contributed by atoms with Crippen molar-refractivity contribution in [1.29, 1.82) is 0 Å². The largest absolute Gasteiger partial charge is 0.355 e. The third kappa shape index (κ3) is 5.61. The second-order valence-corrected chi connectivity index (χ2v) is 7.44. The average Bonchev–Trinajstić information content (AvgIpc) is 3.36. The summed E-state index contributed by atoms with van der Waals surface area (Å²) >= 11 is 1.55. The van der Waals surface area contributed by atoms with Crippen molar-refractivity contribution in [3.8, 4) is 10.7 Å². The van der Waals surface area contributed by atoms with Crippen LogP contribution in [0.3, 0.4) is 0 Å². The van der Waals surface area contributed by atoms with E-state index < -0.39 is 0 Å². The number of amides is 2. The fourth-order valence-electron chi connectivity index (χ4n) is 2.91. The van der Waals surface area contributed by atoms with Crippen molar-refractivity contribution in [2.45, 2.75) is 26.2 Å². The summed E-state index contributed by atoms with van der Waals surface area (Å²) in [6.45, 7) is 5.86. The van der Waals surface area contributed by atoms with Crippen molar-refractivity contribution in [2.24, 2.45) is 0 Å². The molecule has 0 bridgehead atoms. The number of piperazine rings is 1. The monoisotopic (exact) mass is 391 g/mol. The van der Waals surface area contributed by atoms with Gasteiger partial charge >= 0.3 is 0 Å². The smallest absolute Gasteiger partial charge is 0.234 e. The Morgan fingerprint density at radius 1 is 1.30 bits per heavy atom. The summed E-state index contributed by atoms with van der Waals surface area (Å²) in [5.41, 5.74) is 0. The molecule has 2 aromatic heterocycles. The third-order valence-corrected chi connectivity index (χ3v) is 5.29. The fourth-order valence-corrected chi connectivity index (χ4v) is 3.56. The Kier molecular flexibility index (Phi) is 6.94. The number of rotatable bonds is 8. The van der Waals surface area contributed by atoms with Gasteiger partial charge in [-0.05, 0) is 17.9 Å². The molecule has 0 aliphatic carbocycles. The zero-order valence-corrected chi connectivity index (χ0v) is 16.3. The topological polar surface area (TPSA) is 91.6 Å². The minimum absolute atomic E-state index is 0.0505. The second kappa shape index (κ2) is 9.61. The van der Waals surface area contributed by atoms with Crippen LogP contribution in [0.1, 0.15) is 25.7 Å². The first-order valence-corrected chi connectivity index (χ1v) is 10.2. The molecule has 0 aromatic carbocycles. The number of carbonyl (C=O) groups is 2. The van der Waals surface area contributed by atoms with Gasteiger partial charge in [0.25, 0.3) is 0 Å². The fraction of sp³-hybridized carbons (Fsp3) is 0.556. The van der Waals surface area contributed by atoms with E-state index in [1.807, 2.05) is 29.3 Å². The van der Waals surface area contributed by atoms with Crippen LogP contribution in [0.4, 0.5) is 0 Å². The number of aromatic nitrogens is 2. The molecule has 1 N–H and O–H groups in total. The molecule has 0 spiro atoms. The molecule has 27 heavy (non-hydrogen) atoms. The summed E-state index contributed by atoms with van der Waals surface area (Å²) in [6.07, 6.45) is 1.72. The second-order valence-electron chi connectivity index (χ2n) is 6.50. The first kappa shape index (κ1) is 19.5. The number of aryl methyl sites for hydroxylation is 1. The summed E-state index contributed by atoms with van der Waals surface area (Å²) in [6, 6.07) is 3.87. The standard InChI is InChI=1S/C18H25N5O3S/c1-2-7-19-15(24)13-22-8-10-23(11-9-22)17(25)6-5-16-20-18(21-26-16)14-4-3-12-27-14/h3-4,12H,2,5-11,13H2,1H3,(H,19,24). The Hall–Kier alpha value is -2.26. The van der Waals surface area contributed by atoms with Gasteiger partial charge < -0.3 is 14.7 Å². The molecule has 3 heterocycles. The lowest BCUT2D eigenvalue weighted by atomic mass is 10.2. The molecule has 9 heteroatoms. The van der Waals surface area contributed by atoms with Crippen LogP contribution in [0.2, 0.25) is 0 Å². The van der Waals surface area contributed by atoms with Crippen molar-refractivity contribution in [3.05, 3.63) is 23.4 Å². The first-order valence-electron chi connectivity index (χ1n) is 9.29. The van der Waals surface area contributed by atoms with E-state index in [9.17, 15) is 9.59 Å². The van der Waals surface area contributed by atoms with Gasteiger partial charge in [-0.3, -0.25) is 14.5 Å². The van der Waals surface area contributed by atoms with Gasteiger partial charge in [0, 0.05) is 45.6 Å². The Labute approximate surface area is 162 Å². The molecule has 3 rings (SSSR count). The van der Waals surface area contributed by atoms with Gasteiger partial charge in [0.05, 0.1) is 11.4 Å². The highest BCUT2D eigenvalue weighted by Gasteiger charge is 2.22. The van der Waals surface area contributed by atoms with Gasteiger partial charge in [-0.2, -0.15) is 4.98 Å². The molecule has 0 unspecified atom stereocenters. The van der Waals surface area contributed by atoms with Crippen LogP contribution in [-0.4, -0.2) is 71.0 Å². The van der Waals surface area contributed by atoms with E-state index >= 15 is 0 Å². The predicted molar refractivity (Wildman–Crippen MR) is 102 cm³/mol. The van der Waals surface area contributed by atoms with Crippen LogP contribution >= 0.6 is 11.3 Å². The Morgan fingerprint density at radius 3 is 2.81 bits per heavy atom. The number of hydrogen-bond acceptors (Lipinski definition) is 7. The lowest BCUT2D eigenvalue weighted by molar-refractivity contribution is -0.133. The van der Waals surface area contributed by atoms with Crippen LogP contribution in [0, 0.1) is 0 Å². The highest BCUT2D eigenvalue weighted by molar-refractivity contribution is 7.13. The molecule has 146 valence electrons. The van der Waals surface area contributed by atoms with Gasteiger partial charge in [-0.15, -0.1) is 11.3 Å². The SMILES string of the molecule is CCCNC(=O)CN1CCN(C(=O)CCc2nc(-c3cccs3)no2)CC1. The maximum Gasteiger partial charge on any atom is 0.234 e. The molecule has 1 saturated heterocycles. The normalized spacial score (nSPS) is 15.1. The number of nitrogens with one attached hydrogen (secondary N) is 1. The lowest BCUT2D eigenvalue weighted by Gasteiger charge is -2.34. The molecule has 0 atom stereocenters. The molecule has 0 saturated carbocycles. The lowest BCUT2D eigenvalue weighted by Crippen LogP contribution is -2.51. The van der Waals surface area contributed by atoms with Crippen LogP contribution in [0.25, 0.3) is 10.7 Å². The number of nitrogens with zero attached hydrogens (tertiary/aromatic N) is 4. The van der Waals surface area contributed by atoms with E-state index in [2.05, 4.69) is 20.4 Å². The van der Waals surface area contributed by atoms with E-state index in [-0.39, 0.29) is 11.8 Å². The van der Waals surface area contributed by atoms with Gasteiger partial charge in [0.1, 0.15) is 0 Å². The van der Waals surface area contributed by atoms with Crippen molar-refractivity contribution in [2.75, 3.05) is 39.3 Å². The molecule has 2 aromatic rings. The number of thiophene rings is 1. The molecule has 8 nitrogen and oxygen atoms in total. The Balaban J connectivity index is 1.39. The molecule has 1 aliphatic heterocycles. The number of carbonyl (C=O) groups excluding carboxylic acids is 2. The van der Waals surface area contributed by atoms with E-state index in [1.54, 1.807) is 11.3 Å². The van der Waals surface area contributed by atoms with Gasteiger partial charge in [0.2, 0.25) is 23.5 Å². The van der Waals surface area contributed by atoms with E-state index in [4.69, 9.17) is 4.52 Å². The molecule has 1 aliphatic rings. The Bertz CT molecular complexity index is 738. The summed E-state index contributed by atoms with van der Waals surface area (Å²) in [5.74, 6) is 1.19. The quantitative estimate of drug-likeness (QED) is 0.731. The van der Waals surface area contributed by atoms with Crippen LogP contribution < -0.4 is 5.32 Å². The number of hydrogen-bond donors (Lipinski definition) is 1. The van der Waals surface area contributed by atoms with Crippen molar-refractivity contribution in [1.82, 2.24) is 25.3 Å². The van der Waals surface area contributed by atoms with Gasteiger partial charge in [-0.25, -0.2) is 0 Å². The molecule has 1 fully saturated rings. The van der Waals surface area contributed by atoms with Crippen LogP contribution in [0.15, 0.2) is 22.0 Å². The zero-order valence-electron chi connectivity index (χ0n) is 15.5. The van der Waals surface area contributed by atoms with Crippen LogP contribution in [-0.2, 0) is 16.0 Å². The molecular formula is C18H25N5O3S. The minimum Gasteiger partial charge on any atom is -0.355 e. The molecular weight excluding hydrogens is 366 g/mol. The summed E-state index contributed by atoms with van der Waals surface area (Å²) in [7, 11) is 0. The highest BCUT2D eigenvalue weighted by Crippen LogP contribution is 2.21. The third-order valence-electron chi connectivity index (χ3n) is 4.43. The van der Waals surface area contributed by atoms with E-state index in [1.165, 1.54) is 0 Å². The van der Waals surface area contributed by atoms with Crippen molar-refractivity contribution >= 4 is 23.2 Å². The summed E-state index contributed by atoms with van der Waals surface area (Å²) in [5, 5.41) is 8.80. The highest BCUT2D eigenvalue weighted by atomic mass is 32.1.